The largest absolute Gasteiger partial charge is 0.467 e. The van der Waals surface area contributed by atoms with Crippen molar-refractivity contribution in [3.8, 4) is 0 Å². The molecule has 0 aromatic heterocycles. The molecule has 0 spiro atoms. The second-order valence-corrected chi connectivity index (χ2v) is 5.32. The monoisotopic (exact) mass is 291 g/mol. The van der Waals surface area contributed by atoms with E-state index in [-0.39, 0.29) is 12.5 Å². The van der Waals surface area contributed by atoms with Crippen LogP contribution in [0.4, 0.5) is 0 Å². The van der Waals surface area contributed by atoms with Crippen LogP contribution in [0.25, 0.3) is 0 Å². The molecule has 114 valence electrons. The lowest BCUT2D eigenvalue weighted by atomic mass is 10.0. The lowest BCUT2D eigenvalue weighted by Gasteiger charge is -2.31. The summed E-state index contributed by atoms with van der Waals surface area (Å²) >= 11 is 0. The maximum atomic E-state index is 12.3. The van der Waals surface area contributed by atoms with Gasteiger partial charge in [-0.15, -0.1) is 0 Å². The molecule has 0 saturated carbocycles. The fraction of sp³-hybridized carbons (Fsp3) is 0.500. The van der Waals surface area contributed by atoms with Crippen LogP contribution in [0.15, 0.2) is 18.2 Å². The molecule has 0 N–H and O–H groups in total. The molecule has 1 aromatic carbocycles. The van der Waals surface area contributed by atoms with Gasteiger partial charge in [0.05, 0.1) is 26.7 Å². The van der Waals surface area contributed by atoms with Crippen LogP contribution in [-0.2, 0) is 25.5 Å². The summed E-state index contributed by atoms with van der Waals surface area (Å²) in [5, 5.41) is 0. The van der Waals surface area contributed by atoms with E-state index in [9.17, 15) is 9.59 Å². The minimum atomic E-state index is -0.674. The predicted molar refractivity (Wildman–Crippen MR) is 78.0 cm³/mol. The first-order chi connectivity index (χ1) is 10.0. The number of rotatable bonds is 3. The summed E-state index contributed by atoms with van der Waals surface area (Å²) in [7, 11) is 1.32. The SMILES string of the molecule is COC(=O)C1CN(C(=O)Cc2ccc(C)c(C)c2)CCO1. The van der Waals surface area contributed by atoms with E-state index in [2.05, 4.69) is 4.74 Å². The number of morpholine rings is 1. The topological polar surface area (TPSA) is 55.8 Å². The Hall–Kier alpha value is -1.88. The van der Waals surface area contributed by atoms with E-state index in [0.29, 0.717) is 19.6 Å². The molecular weight excluding hydrogens is 270 g/mol. The molecule has 1 aromatic rings. The molecule has 1 atom stereocenters. The third kappa shape index (κ3) is 3.82. The van der Waals surface area contributed by atoms with E-state index >= 15 is 0 Å². The summed E-state index contributed by atoms with van der Waals surface area (Å²) in [5.74, 6) is -0.422. The average molecular weight is 291 g/mol. The Kier molecular flexibility index (Phi) is 4.96. The Balaban J connectivity index is 1.99. The van der Waals surface area contributed by atoms with Crippen LogP contribution in [0, 0.1) is 13.8 Å². The van der Waals surface area contributed by atoms with Crippen molar-refractivity contribution in [2.24, 2.45) is 0 Å². The highest BCUT2D eigenvalue weighted by Crippen LogP contribution is 2.13. The minimum absolute atomic E-state index is 0.00968. The molecular formula is C16H21NO4. The van der Waals surface area contributed by atoms with Crippen LogP contribution in [0.2, 0.25) is 0 Å². The second-order valence-electron chi connectivity index (χ2n) is 5.32. The molecule has 1 aliphatic heterocycles. The first-order valence-electron chi connectivity index (χ1n) is 7.04. The Bertz CT molecular complexity index is 541. The van der Waals surface area contributed by atoms with Crippen LogP contribution < -0.4 is 0 Å². The minimum Gasteiger partial charge on any atom is -0.467 e. The lowest BCUT2D eigenvalue weighted by molar-refractivity contribution is -0.162. The van der Waals surface area contributed by atoms with Gasteiger partial charge >= 0.3 is 5.97 Å². The number of benzene rings is 1. The summed E-state index contributed by atoms with van der Waals surface area (Å²) in [6.45, 7) is 5.21. The van der Waals surface area contributed by atoms with Gasteiger partial charge in [0.15, 0.2) is 6.10 Å². The number of amides is 1. The highest BCUT2D eigenvalue weighted by Gasteiger charge is 2.29. The van der Waals surface area contributed by atoms with Crippen LogP contribution in [0.5, 0.6) is 0 Å². The normalized spacial score (nSPS) is 18.4. The van der Waals surface area contributed by atoms with Gasteiger partial charge in [-0.25, -0.2) is 4.79 Å². The zero-order chi connectivity index (χ0) is 15.4. The Morgan fingerprint density at radius 1 is 1.33 bits per heavy atom. The highest BCUT2D eigenvalue weighted by atomic mass is 16.6. The van der Waals surface area contributed by atoms with E-state index in [1.807, 2.05) is 32.0 Å². The van der Waals surface area contributed by atoms with E-state index in [1.54, 1.807) is 4.90 Å². The smallest absolute Gasteiger partial charge is 0.336 e. The van der Waals surface area contributed by atoms with E-state index < -0.39 is 12.1 Å². The number of hydrogen-bond acceptors (Lipinski definition) is 4. The van der Waals surface area contributed by atoms with Crippen molar-refractivity contribution < 1.29 is 19.1 Å². The molecule has 1 saturated heterocycles. The van der Waals surface area contributed by atoms with Gasteiger partial charge in [-0.2, -0.15) is 0 Å². The van der Waals surface area contributed by atoms with Gasteiger partial charge in [-0.05, 0) is 30.5 Å². The molecule has 0 radical (unpaired) electrons. The highest BCUT2D eigenvalue weighted by molar-refractivity contribution is 5.81. The second kappa shape index (κ2) is 6.72. The van der Waals surface area contributed by atoms with Crippen molar-refractivity contribution >= 4 is 11.9 Å². The molecule has 1 aliphatic rings. The number of ether oxygens (including phenoxy) is 2. The third-order valence-electron chi connectivity index (χ3n) is 3.81. The standard InChI is InChI=1S/C16H21NO4/c1-11-4-5-13(8-12(11)2)9-15(18)17-6-7-21-14(10-17)16(19)20-3/h4-5,8,14H,6-7,9-10H2,1-3H3. The van der Waals surface area contributed by atoms with Crippen molar-refractivity contribution in [1.29, 1.82) is 0 Å². The summed E-state index contributed by atoms with van der Waals surface area (Å²) in [5.41, 5.74) is 3.38. The first-order valence-corrected chi connectivity index (χ1v) is 7.04. The number of carbonyl (C=O) groups is 2. The van der Waals surface area contributed by atoms with Crippen molar-refractivity contribution in [2.45, 2.75) is 26.4 Å². The molecule has 5 heteroatoms. The van der Waals surface area contributed by atoms with E-state index in [0.717, 1.165) is 5.56 Å². The van der Waals surface area contributed by atoms with Crippen LogP contribution in [0.3, 0.4) is 0 Å². The quantitative estimate of drug-likeness (QED) is 0.786. The molecule has 1 fully saturated rings. The lowest BCUT2D eigenvalue weighted by Crippen LogP contribution is -2.49. The predicted octanol–water partition coefficient (Wildman–Crippen LogP) is 1.25. The summed E-state index contributed by atoms with van der Waals surface area (Å²) in [4.78, 5) is 25.5. The molecule has 0 aliphatic carbocycles. The molecule has 5 nitrogen and oxygen atoms in total. The Morgan fingerprint density at radius 3 is 2.76 bits per heavy atom. The van der Waals surface area contributed by atoms with Gasteiger partial charge in [-0.1, -0.05) is 18.2 Å². The van der Waals surface area contributed by atoms with Gasteiger partial charge in [0.2, 0.25) is 5.91 Å². The number of hydrogen-bond donors (Lipinski definition) is 0. The number of carbonyl (C=O) groups excluding carboxylic acids is 2. The number of esters is 1. The summed E-state index contributed by atoms with van der Waals surface area (Å²) in [6, 6.07) is 6.03. The van der Waals surface area contributed by atoms with Crippen LogP contribution >= 0.6 is 0 Å². The average Bonchev–Trinajstić information content (AvgIpc) is 2.50. The van der Waals surface area contributed by atoms with Gasteiger partial charge in [0.25, 0.3) is 0 Å². The summed E-state index contributed by atoms with van der Waals surface area (Å²) in [6.07, 6.45) is -0.331. The molecule has 1 heterocycles. The first kappa shape index (κ1) is 15.5. The van der Waals surface area contributed by atoms with Crippen molar-refractivity contribution in [1.82, 2.24) is 4.90 Å². The maximum Gasteiger partial charge on any atom is 0.336 e. The number of nitrogens with zero attached hydrogens (tertiary/aromatic N) is 1. The maximum absolute atomic E-state index is 12.3. The van der Waals surface area contributed by atoms with Gasteiger partial charge in [0.1, 0.15) is 0 Å². The van der Waals surface area contributed by atoms with Crippen LogP contribution in [0.1, 0.15) is 16.7 Å². The zero-order valence-electron chi connectivity index (χ0n) is 12.7. The Labute approximate surface area is 124 Å². The van der Waals surface area contributed by atoms with E-state index in [4.69, 9.17) is 4.74 Å². The molecule has 1 unspecified atom stereocenters. The van der Waals surface area contributed by atoms with Gasteiger partial charge in [0, 0.05) is 6.54 Å². The molecule has 2 rings (SSSR count). The van der Waals surface area contributed by atoms with E-state index in [1.165, 1.54) is 18.2 Å². The molecule has 0 bridgehead atoms. The van der Waals surface area contributed by atoms with Crippen molar-refractivity contribution in [2.75, 3.05) is 26.8 Å². The van der Waals surface area contributed by atoms with Crippen LogP contribution in [-0.4, -0.2) is 49.7 Å². The van der Waals surface area contributed by atoms with Gasteiger partial charge in [-0.3, -0.25) is 4.79 Å². The molecule has 1 amide bonds. The third-order valence-corrected chi connectivity index (χ3v) is 3.81. The summed E-state index contributed by atoms with van der Waals surface area (Å²) < 4.78 is 9.99. The Morgan fingerprint density at radius 2 is 2.10 bits per heavy atom. The number of aryl methyl sites for hydroxylation is 2. The van der Waals surface area contributed by atoms with Crippen molar-refractivity contribution in [3.63, 3.8) is 0 Å². The fourth-order valence-electron chi connectivity index (χ4n) is 2.35. The van der Waals surface area contributed by atoms with Crippen molar-refractivity contribution in [3.05, 3.63) is 34.9 Å². The number of methoxy groups -OCH3 is 1. The molecule has 21 heavy (non-hydrogen) atoms. The van der Waals surface area contributed by atoms with Gasteiger partial charge < -0.3 is 14.4 Å². The zero-order valence-corrected chi connectivity index (χ0v) is 12.7. The fourth-order valence-corrected chi connectivity index (χ4v) is 2.35.